The Morgan fingerprint density at radius 3 is 2.94 bits per heavy atom. The zero-order valence-electron chi connectivity index (χ0n) is 9.10. The van der Waals surface area contributed by atoms with Crippen molar-refractivity contribution in [1.82, 2.24) is 15.2 Å². The SMILES string of the molecule is Cc1csc(CNc2nnc(C(C)N)o2)n1. The van der Waals surface area contributed by atoms with E-state index in [0.29, 0.717) is 18.5 Å². The van der Waals surface area contributed by atoms with Gasteiger partial charge in [-0.1, -0.05) is 5.10 Å². The van der Waals surface area contributed by atoms with Crippen LogP contribution >= 0.6 is 11.3 Å². The highest BCUT2D eigenvalue weighted by atomic mass is 32.1. The van der Waals surface area contributed by atoms with Gasteiger partial charge in [0.1, 0.15) is 5.01 Å². The fourth-order valence-electron chi connectivity index (χ4n) is 1.13. The third kappa shape index (κ3) is 2.56. The zero-order valence-corrected chi connectivity index (χ0v) is 9.91. The first kappa shape index (κ1) is 11.0. The second kappa shape index (κ2) is 4.58. The van der Waals surface area contributed by atoms with Gasteiger partial charge in [-0.2, -0.15) is 0 Å². The number of thiazole rings is 1. The van der Waals surface area contributed by atoms with Crippen molar-refractivity contribution in [2.24, 2.45) is 5.73 Å². The molecular weight excluding hydrogens is 226 g/mol. The van der Waals surface area contributed by atoms with Crippen molar-refractivity contribution >= 4 is 17.4 Å². The molecule has 16 heavy (non-hydrogen) atoms. The van der Waals surface area contributed by atoms with Crippen LogP contribution < -0.4 is 11.1 Å². The molecule has 0 saturated heterocycles. The molecule has 0 radical (unpaired) electrons. The van der Waals surface area contributed by atoms with E-state index in [-0.39, 0.29) is 6.04 Å². The van der Waals surface area contributed by atoms with Crippen molar-refractivity contribution in [3.63, 3.8) is 0 Å². The fourth-order valence-corrected chi connectivity index (χ4v) is 1.84. The average molecular weight is 239 g/mol. The molecule has 0 aliphatic rings. The fraction of sp³-hybridized carbons (Fsp3) is 0.444. The van der Waals surface area contributed by atoms with Gasteiger partial charge in [-0.15, -0.1) is 16.4 Å². The Morgan fingerprint density at radius 1 is 1.56 bits per heavy atom. The average Bonchev–Trinajstić information content (AvgIpc) is 2.83. The minimum absolute atomic E-state index is 0.245. The van der Waals surface area contributed by atoms with Crippen molar-refractivity contribution in [1.29, 1.82) is 0 Å². The molecule has 0 aliphatic heterocycles. The molecule has 3 N–H and O–H groups in total. The van der Waals surface area contributed by atoms with Crippen LogP contribution in [0.5, 0.6) is 0 Å². The molecule has 86 valence electrons. The van der Waals surface area contributed by atoms with Gasteiger partial charge in [-0.25, -0.2) is 4.98 Å². The van der Waals surface area contributed by atoms with Crippen LogP contribution in [0, 0.1) is 6.92 Å². The van der Waals surface area contributed by atoms with E-state index in [1.165, 1.54) is 0 Å². The van der Waals surface area contributed by atoms with Crippen molar-refractivity contribution in [3.8, 4) is 0 Å². The zero-order chi connectivity index (χ0) is 11.5. The summed E-state index contributed by atoms with van der Waals surface area (Å²) in [5, 5.41) is 13.6. The number of aromatic nitrogens is 3. The largest absolute Gasteiger partial charge is 0.406 e. The maximum atomic E-state index is 5.60. The summed E-state index contributed by atoms with van der Waals surface area (Å²) in [7, 11) is 0. The normalized spacial score (nSPS) is 12.7. The Balaban J connectivity index is 1.94. The topological polar surface area (TPSA) is 89.9 Å². The standard InChI is InChI=1S/C9H13N5OS/c1-5-4-16-7(12-5)3-11-9-14-13-8(15-9)6(2)10/h4,6H,3,10H2,1-2H3,(H,11,14). The lowest BCUT2D eigenvalue weighted by Crippen LogP contribution is -2.04. The first-order valence-corrected chi connectivity index (χ1v) is 5.77. The van der Waals surface area contributed by atoms with Gasteiger partial charge in [0.15, 0.2) is 0 Å². The third-order valence-corrected chi connectivity index (χ3v) is 2.85. The predicted molar refractivity (Wildman–Crippen MR) is 61.1 cm³/mol. The Labute approximate surface area is 96.9 Å². The Kier molecular flexibility index (Phi) is 3.16. The maximum Gasteiger partial charge on any atom is 0.315 e. The number of nitrogens with zero attached hydrogens (tertiary/aromatic N) is 3. The molecular formula is C9H13N5OS. The van der Waals surface area contributed by atoms with Crippen LogP contribution in [0.15, 0.2) is 9.80 Å². The summed E-state index contributed by atoms with van der Waals surface area (Å²) in [5.41, 5.74) is 6.62. The molecule has 1 atom stereocenters. The molecule has 2 heterocycles. The molecule has 2 aromatic rings. The van der Waals surface area contributed by atoms with Crippen LogP contribution in [0.25, 0.3) is 0 Å². The smallest absolute Gasteiger partial charge is 0.315 e. The molecule has 2 aromatic heterocycles. The number of aryl methyl sites for hydroxylation is 1. The molecule has 0 spiro atoms. The van der Waals surface area contributed by atoms with Gasteiger partial charge >= 0.3 is 6.01 Å². The van der Waals surface area contributed by atoms with Gasteiger partial charge in [-0.3, -0.25) is 0 Å². The molecule has 0 fully saturated rings. The van der Waals surface area contributed by atoms with E-state index in [2.05, 4.69) is 20.5 Å². The first-order chi connectivity index (χ1) is 7.65. The molecule has 0 aromatic carbocycles. The van der Waals surface area contributed by atoms with Crippen LogP contribution in [0.4, 0.5) is 6.01 Å². The van der Waals surface area contributed by atoms with Crippen LogP contribution in [-0.4, -0.2) is 15.2 Å². The van der Waals surface area contributed by atoms with Crippen molar-refractivity contribution in [3.05, 3.63) is 22.0 Å². The highest BCUT2D eigenvalue weighted by Gasteiger charge is 2.09. The van der Waals surface area contributed by atoms with E-state index in [4.69, 9.17) is 10.2 Å². The molecule has 7 heteroatoms. The summed E-state index contributed by atoms with van der Waals surface area (Å²) in [6, 6.07) is 0.130. The van der Waals surface area contributed by atoms with E-state index < -0.39 is 0 Å². The molecule has 1 unspecified atom stereocenters. The van der Waals surface area contributed by atoms with Gasteiger partial charge in [0.25, 0.3) is 0 Å². The summed E-state index contributed by atoms with van der Waals surface area (Å²) in [6.45, 7) is 4.33. The van der Waals surface area contributed by atoms with Gasteiger partial charge < -0.3 is 15.5 Å². The first-order valence-electron chi connectivity index (χ1n) is 4.89. The van der Waals surface area contributed by atoms with Gasteiger partial charge in [0, 0.05) is 11.1 Å². The lowest BCUT2D eigenvalue weighted by Gasteiger charge is -1.97. The predicted octanol–water partition coefficient (Wildman–Crippen LogP) is 1.47. The second-order valence-electron chi connectivity index (χ2n) is 3.47. The minimum atomic E-state index is -0.245. The van der Waals surface area contributed by atoms with Crippen LogP contribution in [-0.2, 0) is 6.54 Å². The summed E-state index contributed by atoms with van der Waals surface area (Å²) < 4.78 is 5.29. The lowest BCUT2D eigenvalue weighted by molar-refractivity contribution is 0.472. The number of nitrogens with one attached hydrogen (secondary N) is 1. The molecule has 0 bridgehead atoms. The highest BCUT2D eigenvalue weighted by molar-refractivity contribution is 7.09. The van der Waals surface area contributed by atoms with Crippen molar-refractivity contribution < 1.29 is 4.42 Å². The van der Waals surface area contributed by atoms with E-state index in [1.807, 2.05) is 12.3 Å². The number of rotatable bonds is 4. The summed E-state index contributed by atoms with van der Waals surface area (Å²) in [6.07, 6.45) is 0. The molecule has 0 amide bonds. The minimum Gasteiger partial charge on any atom is -0.406 e. The number of nitrogens with two attached hydrogens (primary N) is 1. The van der Waals surface area contributed by atoms with Crippen LogP contribution in [0.2, 0.25) is 0 Å². The summed E-state index contributed by atoms with van der Waals surface area (Å²) in [4.78, 5) is 4.31. The van der Waals surface area contributed by atoms with E-state index in [1.54, 1.807) is 18.3 Å². The Morgan fingerprint density at radius 2 is 2.38 bits per heavy atom. The summed E-state index contributed by atoms with van der Waals surface area (Å²) in [5.74, 6) is 0.429. The van der Waals surface area contributed by atoms with Gasteiger partial charge in [-0.05, 0) is 13.8 Å². The highest BCUT2D eigenvalue weighted by Crippen LogP contribution is 2.14. The van der Waals surface area contributed by atoms with Crippen LogP contribution in [0.3, 0.4) is 0 Å². The lowest BCUT2D eigenvalue weighted by atomic mass is 10.4. The van der Waals surface area contributed by atoms with E-state index in [0.717, 1.165) is 10.7 Å². The quantitative estimate of drug-likeness (QED) is 0.839. The molecule has 0 saturated carbocycles. The van der Waals surface area contributed by atoms with Gasteiger partial charge in [0.05, 0.1) is 12.6 Å². The Bertz CT molecular complexity index is 464. The van der Waals surface area contributed by atoms with Crippen molar-refractivity contribution in [2.45, 2.75) is 26.4 Å². The van der Waals surface area contributed by atoms with Gasteiger partial charge in [0.2, 0.25) is 5.89 Å². The second-order valence-corrected chi connectivity index (χ2v) is 4.41. The van der Waals surface area contributed by atoms with E-state index >= 15 is 0 Å². The summed E-state index contributed by atoms with van der Waals surface area (Å²) >= 11 is 1.59. The third-order valence-electron chi connectivity index (χ3n) is 1.89. The van der Waals surface area contributed by atoms with Crippen molar-refractivity contribution in [2.75, 3.05) is 5.32 Å². The maximum absolute atomic E-state index is 5.60. The number of anilines is 1. The number of hydrogen-bond acceptors (Lipinski definition) is 7. The Hall–Kier alpha value is -1.47. The molecule has 0 aliphatic carbocycles. The monoisotopic (exact) mass is 239 g/mol. The molecule has 2 rings (SSSR count). The number of hydrogen-bond donors (Lipinski definition) is 2. The molecule has 6 nitrogen and oxygen atoms in total. The van der Waals surface area contributed by atoms with Crippen LogP contribution in [0.1, 0.15) is 29.6 Å². The van der Waals surface area contributed by atoms with E-state index in [9.17, 15) is 0 Å².